The molecule has 1 aliphatic rings. The second kappa shape index (κ2) is 6.65. The minimum atomic E-state index is 0.0104. The monoisotopic (exact) mass is 328 g/mol. The number of H-pyrrole nitrogens is 1. The quantitative estimate of drug-likeness (QED) is 0.892. The number of amides is 2. The highest BCUT2D eigenvalue weighted by molar-refractivity contribution is 5.99. The van der Waals surface area contributed by atoms with Crippen LogP contribution >= 0.6 is 0 Å². The fourth-order valence-electron chi connectivity index (χ4n) is 3.28. The Bertz CT molecular complexity index is 773. The molecule has 0 radical (unpaired) electrons. The van der Waals surface area contributed by atoms with Crippen LogP contribution < -0.4 is 5.32 Å². The van der Waals surface area contributed by atoms with Gasteiger partial charge in [-0.3, -0.25) is 14.5 Å². The molecule has 0 atom stereocenters. The Morgan fingerprint density at radius 2 is 1.83 bits per heavy atom. The summed E-state index contributed by atoms with van der Waals surface area (Å²) in [6, 6.07) is 6.14. The highest BCUT2D eigenvalue weighted by Crippen LogP contribution is 2.22. The van der Waals surface area contributed by atoms with Gasteiger partial charge in [0.1, 0.15) is 5.69 Å². The number of nitrogens with one attached hydrogen (secondary N) is 2. The topological polar surface area (TPSA) is 68.4 Å². The molecule has 2 amide bonds. The Labute approximate surface area is 141 Å². The Balaban J connectivity index is 1.69. The standard InChI is InChI=1S/C18H24N4O2/c1-12-8-13(2)14-10-16(20-15(14)9-12)18(24)22-6-4-21(5-7-22)11-17(23)19-3/h8-10,20H,4-7,11H2,1-3H3,(H,19,23). The van der Waals surface area contributed by atoms with Crippen molar-refractivity contribution in [3.8, 4) is 0 Å². The van der Waals surface area contributed by atoms with E-state index < -0.39 is 0 Å². The number of aromatic nitrogens is 1. The lowest BCUT2D eigenvalue weighted by Gasteiger charge is -2.34. The van der Waals surface area contributed by atoms with Crippen molar-refractivity contribution in [3.63, 3.8) is 0 Å². The molecule has 128 valence electrons. The van der Waals surface area contributed by atoms with E-state index in [9.17, 15) is 9.59 Å². The number of fused-ring (bicyclic) bond motifs is 1. The average molecular weight is 328 g/mol. The van der Waals surface area contributed by atoms with Gasteiger partial charge in [-0.15, -0.1) is 0 Å². The fraction of sp³-hybridized carbons (Fsp3) is 0.444. The van der Waals surface area contributed by atoms with E-state index in [-0.39, 0.29) is 11.8 Å². The molecule has 6 nitrogen and oxygen atoms in total. The fourth-order valence-corrected chi connectivity index (χ4v) is 3.28. The zero-order valence-corrected chi connectivity index (χ0v) is 14.5. The summed E-state index contributed by atoms with van der Waals surface area (Å²) in [6.45, 7) is 7.24. The number of benzene rings is 1. The number of carbonyl (C=O) groups is 2. The molecule has 2 heterocycles. The van der Waals surface area contributed by atoms with Crippen LogP contribution in [-0.2, 0) is 4.79 Å². The summed E-state index contributed by atoms with van der Waals surface area (Å²) in [5, 5.41) is 3.73. The molecule has 2 aromatic rings. The maximum atomic E-state index is 12.7. The summed E-state index contributed by atoms with van der Waals surface area (Å²) in [5.74, 6) is 0.0408. The second-order valence-corrected chi connectivity index (χ2v) is 6.47. The summed E-state index contributed by atoms with van der Waals surface area (Å²) in [4.78, 5) is 31.4. The van der Waals surface area contributed by atoms with E-state index >= 15 is 0 Å². The molecule has 6 heteroatoms. The molecule has 0 aliphatic carbocycles. The van der Waals surface area contributed by atoms with Gasteiger partial charge >= 0.3 is 0 Å². The van der Waals surface area contributed by atoms with E-state index in [0.29, 0.717) is 25.3 Å². The maximum Gasteiger partial charge on any atom is 0.270 e. The molecule has 0 spiro atoms. The zero-order valence-electron chi connectivity index (χ0n) is 14.5. The van der Waals surface area contributed by atoms with Crippen LogP contribution in [0.5, 0.6) is 0 Å². The SMILES string of the molecule is CNC(=O)CN1CCN(C(=O)c2cc3c(C)cc(C)cc3[nH]2)CC1. The Hall–Kier alpha value is -2.34. The van der Waals surface area contributed by atoms with Crippen molar-refractivity contribution in [1.29, 1.82) is 0 Å². The van der Waals surface area contributed by atoms with Crippen LogP contribution in [0.1, 0.15) is 21.6 Å². The first-order valence-electron chi connectivity index (χ1n) is 8.30. The highest BCUT2D eigenvalue weighted by Gasteiger charge is 2.24. The van der Waals surface area contributed by atoms with Crippen LogP contribution in [-0.4, -0.2) is 66.4 Å². The number of rotatable bonds is 3. The second-order valence-electron chi connectivity index (χ2n) is 6.47. The van der Waals surface area contributed by atoms with Crippen molar-refractivity contribution < 1.29 is 9.59 Å². The van der Waals surface area contributed by atoms with Crippen LogP contribution in [0.4, 0.5) is 0 Å². The Kier molecular flexibility index (Phi) is 4.57. The lowest BCUT2D eigenvalue weighted by molar-refractivity contribution is -0.122. The van der Waals surface area contributed by atoms with Crippen molar-refractivity contribution in [3.05, 3.63) is 35.0 Å². The van der Waals surface area contributed by atoms with Gasteiger partial charge in [-0.1, -0.05) is 6.07 Å². The van der Waals surface area contributed by atoms with Crippen LogP contribution in [0.25, 0.3) is 10.9 Å². The summed E-state index contributed by atoms with van der Waals surface area (Å²) < 4.78 is 0. The predicted molar refractivity (Wildman–Crippen MR) is 94.2 cm³/mol. The number of likely N-dealkylation sites (N-methyl/N-ethyl adjacent to an activating group) is 1. The summed E-state index contributed by atoms with van der Waals surface area (Å²) >= 11 is 0. The molecule has 0 unspecified atom stereocenters. The van der Waals surface area contributed by atoms with E-state index in [1.807, 2.05) is 11.0 Å². The molecule has 1 aromatic heterocycles. The van der Waals surface area contributed by atoms with Gasteiger partial charge in [-0.05, 0) is 37.1 Å². The number of hydrogen-bond donors (Lipinski definition) is 2. The van der Waals surface area contributed by atoms with E-state index in [1.165, 1.54) is 11.1 Å². The molecule has 24 heavy (non-hydrogen) atoms. The van der Waals surface area contributed by atoms with Crippen LogP contribution in [0.3, 0.4) is 0 Å². The molecule has 3 rings (SSSR count). The third-order valence-electron chi connectivity index (χ3n) is 4.63. The molecule has 0 saturated carbocycles. The number of hydrogen-bond acceptors (Lipinski definition) is 3. The van der Waals surface area contributed by atoms with E-state index in [2.05, 4.69) is 41.2 Å². The number of nitrogens with zero attached hydrogens (tertiary/aromatic N) is 2. The van der Waals surface area contributed by atoms with Crippen molar-refractivity contribution >= 4 is 22.7 Å². The van der Waals surface area contributed by atoms with Crippen molar-refractivity contribution in [2.45, 2.75) is 13.8 Å². The van der Waals surface area contributed by atoms with E-state index in [4.69, 9.17) is 0 Å². The van der Waals surface area contributed by atoms with E-state index in [1.54, 1.807) is 7.05 Å². The number of aryl methyl sites for hydroxylation is 2. The maximum absolute atomic E-state index is 12.7. The minimum Gasteiger partial charge on any atom is -0.358 e. The number of carbonyl (C=O) groups excluding carboxylic acids is 2. The summed E-state index contributed by atoms with van der Waals surface area (Å²) in [7, 11) is 1.64. The number of aromatic amines is 1. The molecular formula is C18H24N4O2. The van der Waals surface area contributed by atoms with Crippen LogP contribution in [0.2, 0.25) is 0 Å². The molecule has 0 bridgehead atoms. The molecule has 1 aromatic carbocycles. The molecule has 2 N–H and O–H groups in total. The minimum absolute atomic E-state index is 0.0104. The third kappa shape index (κ3) is 3.28. The normalized spacial score (nSPS) is 15.7. The summed E-state index contributed by atoms with van der Waals surface area (Å²) in [5.41, 5.74) is 4.01. The van der Waals surface area contributed by atoms with Crippen molar-refractivity contribution in [2.75, 3.05) is 39.8 Å². The zero-order chi connectivity index (χ0) is 17.3. The lowest BCUT2D eigenvalue weighted by atomic mass is 10.1. The largest absolute Gasteiger partial charge is 0.358 e. The van der Waals surface area contributed by atoms with Crippen LogP contribution in [0, 0.1) is 13.8 Å². The van der Waals surface area contributed by atoms with Gasteiger partial charge in [0.2, 0.25) is 5.91 Å². The Morgan fingerprint density at radius 3 is 2.50 bits per heavy atom. The van der Waals surface area contributed by atoms with Gasteiger partial charge in [0.15, 0.2) is 0 Å². The average Bonchev–Trinajstić information content (AvgIpc) is 2.99. The first-order valence-corrected chi connectivity index (χ1v) is 8.30. The predicted octanol–water partition coefficient (Wildman–Crippen LogP) is 1.29. The van der Waals surface area contributed by atoms with Gasteiger partial charge in [-0.25, -0.2) is 0 Å². The first-order chi connectivity index (χ1) is 11.5. The van der Waals surface area contributed by atoms with Crippen molar-refractivity contribution in [1.82, 2.24) is 20.1 Å². The third-order valence-corrected chi connectivity index (χ3v) is 4.63. The summed E-state index contributed by atoms with van der Waals surface area (Å²) in [6.07, 6.45) is 0. The van der Waals surface area contributed by atoms with Gasteiger partial charge in [0, 0.05) is 44.1 Å². The lowest BCUT2D eigenvalue weighted by Crippen LogP contribution is -2.50. The van der Waals surface area contributed by atoms with Gasteiger partial charge in [0.05, 0.1) is 6.54 Å². The Morgan fingerprint density at radius 1 is 1.12 bits per heavy atom. The van der Waals surface area contributed by atoms with Gasteiger partial charge < -0.3 is 15.2 Å². The van der Waals surface area contributed by atoms with Gasteiger partial charge in [-0.2, -0.15) is 0 Å². The smallest absolute Gasteiger partial charge is 0.270 e. The number of piperazine rings is 1. The highest BCUT2D eigenvalue weighted by atomic mass is 16.2. The molecule has 1 fully saturated rings. The first kappa shape index (κ1) is 16.5. The molecular weight excluding hydrogens is 304 g/mol. The van der Waals surface area contributed by atoms with Crippen LogP contribution in [0.15, 0.2) is 18.2 Å². The molecule has 1 aliphatic heterocycles. The van der Waals surface area contributed by atoms with E-state index in [0.717, 1.165) is 24.0 Å². The molecule has 1 saturated heterocycles. The van der Waals surface area contributed by atoms with Crippen molar-refractivity contribution in [2.24, 2.45) is 0 Å². The van der Waals surface area contributed by atoms with Gasteiger partial charge in [0.25, 0.3) is 5.91 Å².